The topological polar surface area (TPSA) is 101 Å². The molecule has 1 aromatic carbocycles. The Balaban J connectivity index is 0.00000242. The average molecular weight is 415 g/mol. The number of hydrogen-bond donors (Lipinski definition) is 2. The van der Waals surface area contributed by atoms with Gasteiger partial charge in [0.05, 0.1) is 14.3 Å². The molecule has 124 valence electrons. The summed E-state index contributed by atoms with van der Waals surface area (Å²) in [5.41, 5.74) is -0.165. The summed E-state index contributed by atoms with van der Waals surface area (Å²) in [5.74, 6) is 0. The van der Waals surface area contributed by atoms with Gasteiger partial charge in [-0.25, -0.2) is 13.1 Å². The average Bonchev–Trinajstić information content (AvgIpc) is 2.40. The van der Waals surface area contributed by atoms with Crippen LogP contribution < -0.4 is 10.0 Å². The van der Waals surface area contributed by atoms with Gasteiger partial charge in [-0.15, -0.1) is 12.4 Å². The largest absolute Gasteiger partial charge is 0.313 e. The van der Waals surface area contributed by atoms with Crippen LogP contribution in [0.3, 0.4) is 0 Å². The lowest BCUT2D eigenvalue weighted by molar-refractivity contribution is -0.385. The highest BCUT2D eigenvalue weighted by atomic mass is 79.9. The van der Waals surface area contributed by atoms with E-state index in [0.717, 1.165) is 19.4 Å². The second-order valence-corrected chi connectivity index (χ2v) is 7.55. The van der Waals surface area contributed by atoms with E-state index < -0.39 is 14.9 Å². The number of piperidine rings is 1. The maximum Gasteiger partial charge on any atom is 0.283 e. The summed E-state index contributed by atoms with van der Waals surface area (Å²) in [6.45, 7) is 2.81. The van der Waals surface area contributed by atoms with Gasteiger partial charge in [-0.3, -0.25) is 10.1 Å². The highest BCUT2D eigenvalue weighted by Crippen LogP contribution is 2.27. The van der Waals surface area contributed by atoms with Gasteiger partial charge in [-0.1, -0.05) is 0 Å². The van der Waals surface area contributed by atoms with Crippen LogP contribution in [0.4, 0.5) is 5.69 Å². The summed E-state index contributed by atoms with van der Waals surface area (Å²) in [6.07, 6.45) is 1.67. The lowest BCUT2D eigenvalue weighted by atomic mass is 10.0. The lowest BCUT2D eigenvalue weighted by Gasteiger charge is -2.30. The van der Waals surface area contributed by atoms with E-state index in [2.05, 4.69) is 26.0 Å². The highest BCUT2D eigenvalue weighted by Gasteiger charge is 2.27. The van der Waals surface area contributed by atoms with Crippen molar-refractivity contribution in [2.24, 2.45) is 0 Å². The summed E-state index contributed by atoms with van der Waals surface area (Å²) >= 11 is 3.03. The van der Waals surface area contributed by atoms with Crippen molar-refractivity contribution in [3.63, 3.8) is 0 Å². The van der Waals surface area contributed by atoms with Crippen LogP contribution in [0.15, 0.2) is 27.6 Å². The van der Waals surface area contributed by atoms with Crippen LogP contribution in [0.5, 0.6) is 0 Å². The molecule has 1 saturated heterocycles. The van der Waals surface area contributed by atoms with Crippen molar-refractivity contribution in [2.45, 2.75) is 36.7 Å². The maximum absolute atomic E-state index is 12.3. The van der Waals surface area contributed by atoms with Gasteiger partial charge in [0.2, 0.25) is 10.0 Å². The number of rotatable bonds is 4. The molecule has 1 aromatic rings. The molecule has 1 aliphatic rings. The Morgan fingerprint density at radius 3 is 2.68 bits per heavy atom. The van der Waals surface area contributed by atoms with Gasteiger partial charge in [-0.05, 0) is 54.4 Å². The van der Waals surface area contributed by atoms with E-state index in [-0.39, 0.29) is 39.5 Å². The van der Waals surface area contributed by atoms with Gasteiger partial charge in [0.25, 0.3) is 5.69 Å². The molecule has 1 aliphatic heterocycles. The number of nitrogens with one attached hydrogen (secondary N) is 2. The molecule has 0 aliphatic carbocycles. The predicted octanol–water partition coefficient (Wildman–Crippen LogP) is 2.20. The summed E-state index contributed by atoms with van der Waals surface area (Å²) < 4.78 is 27.5. The molecule has 2 N–H and O–H groups in total. The second kappa shape index (κ2) is 7.69. The van der Waals surface area contributed by atoms with Crippen LogP contribution in [-0.2, 0) is 10.0 Å². The van der Waals surface area contributed by atoms with Crippen LogP contribution in [0.2, 0.25) is 0 Å². The van der Waals surface area contributed by atoms with Gasteiger partial charge >= 0.3 is 0 Å². The summed E-state index contributed by atoms with van der Waals surface area (Å²) in [5, 5.41) is 14.0. The first-order chi connectivity index (χ1) is 9.81. The molecule has 22 heavy (non-hydrogen) atoms. The zero-order valence-corrected chi connectivity index (χ0v) is 15.0. The molecule has 2 atom stereocenters. The zero-order valence-electron chi connectivity index (χ0n) is 11.8. The number of halogens is 2. The summed E-state index contributed by atoms with van der Waals surface area (Å²) in [6, 6.07) is 3.54. The van der Waals surface area contributed by atoms with E-state index in [1.54, 1.807) is 0 Å². The van der Waals surface area contributed by atoms with Gasteiger partial charge < -0.3 is 5.32 Å². The fourth-order valence-corrected chi connectivity index (χ4v) is 4.33. The van der Waals surface area contributed by atoms with E-state index in [1.165, 1.54) is 18.2 Å². The summed E-state index contributed by atoms with van der Waals surface area (Å²) in [4.78, 5) is 10.2. The standard InChI is InChI=1S/C12H16BrN3O4S.ClH/c1-8-11(3-2-6-14-8)15-21(19,20)9-4-5-12(16(17)18)10(13)7-9;/h4-5,7-8,11,14-15H,2-3,6H2,1H3;1H. The van der Waals surface area contributed by atoms with Crippen molar-refractivity contribution in [3.8, 4) is 0 Å². The van der Waals surface area contributed by atoms with Crippen molar-refractivity contribution >= 4 is 44.0 Å². The van der Waals surface area contributed by atoms with Crippen molar-refractivity contribution in [1.29, 1.82) is 0 Å². The van der Waals surface area contributed by atoms with Crippen molar-refractivity contribution in [2.75, 3.05) is 6.54 Å². The van der Waals surface area contributed by atoms with Gasteiger partial charge in [0.1, 0.15) is 0 Å². The molecule has 10 heteroatoms. The Kier molecular flexibility index (Phi) is 6.75. The molecular weight excluding hydrogens is 398 g/mol. The third kappa shape index (κ3) is 4.39. The molecule has 1 fully saturated rings. The van der Waals surface area contributed by atoms with Crippen molar-refractivity contribution < 1.29 is 13.3 Å². The number of nitro groups is 1. The van der Waals surface area contributed by atoms with Gasteiger partial charge in [-0.2, -0.15) is 0 Å². The Labute approximate surface area is 143 Å². The molecule has 0 amide bonds. The lowest BCUT2D eigenvalue weighted by Crippen LogP contribution is -2.51. The number of benzene rings is 1. The minimum absolute atomic E-state index is 0. The zero-order chi connectivity index (χ0) is 15.6. The molecule has 2 rings (SSSR count). The number of hydrogen-bond acceptors (Lipinski definition) is 5. The molecule has 7 nitrogen and oxygen atoms in total. The van der Waals surface area contributed by atoms with Crippen LogP contribution in [0, 0.1) is 10.1 Å². The van der Waals surface area contributed by atoms with Crippen LogP contribution in [-0.4, -0.2) is 32.0 Å². The predicted molar refractivity (Wildman–Crippen MR) is 88.9 cm³/mol. The van der Waals surface area contributed by atoms with Crippen molar-refractivity contribution in [1.82, 2.24) is 10.0 Å². The third-order valence-electron chi connectivity index (χ3n) is 3.49. The van der Waals surface area contributed by atoms with E-state index in [1.807, 2.05) is 6.92 Å². The minimum atomic E-state index is -3.70. The Morgan fingerprint density at radius 1 is 1.45 bits per heavy atom. The van der Waals surface area contributed by atoms with E-state index in [9.17, 15) is 18.5 Å². The van der Waals surface area contributed by atoms with Crippen molar-refractivity contribution in [3.05, 3.63) is 32.8 Å². The van der Waals surface area contributed by atoms with Crippen LogP contribution >= 0.6 is 28.3 Å². The smallest absolute Gasteiger partial charge is 0.283 e. The Bertz CT molecular complexity index is 656. The first-order valence-corrected chi connectivity index (χ1v) is 8.78. The van der Waals surface area contributed by atoms with E-state index >= 15 is 0 Å². The second-order valence-electron chi connectivity index (χ2n) is 4.98. The first-order valence-electron chi connectivity index (χ1n) is 6.51. The number of nitro benzene ring substituents is 1. The third-order valence-corrected chi connectivity index (χ3v) is 5.62. The molecule has 1 heterocycles. The molecule has 0 saturated carbocycles. The maximum atomic E-state index is 12.3. The van der Waals surface area contributed by atoms with E-state index in [4.69, 9.17) is 0 Å². The Hall–Kier alpha value is -0.740. The minimum Gasteiger partial charge on any atom is -0.313 e. The first kappa shape index (κ1) is 19.3. The van der Waals surface area contributed by atoms with Crippen LogP contribution in [0.25, 0.3) is 0 Å². The number of sulfonamides is 1. The fourth-order valence-electron chi connectivity index (χ4n) is 2.28. The fraction of sp³-hybridized carbons (Fsp3) is 0.500. The van der Waals surface area contributed by atoms with E-state index in [0.29, 0.717) is 0 Å². The Morgan fingerprint density at radius 2 is 2.14 bits per heavy atom. The normalized spacial score (nSPS) is 21.9. The molecule has 0 bridgehead atoms. The molecule has 0 aromatic heterocycles. The summed E-state index contributed by atoms with van der Waals surface area (Å²) in [7, 11) is -3.70. The van der Waals surface area contributed by atoms with Gasteiger partial charge in [0.15, 0.2) is 0 Å². The SMILES string of the molecule is CC1NCCCC1NS(=O)(=O)c1ccc([N+](=O)[O-])c(Br)c1.Cl. The quantitative estimate of drug-likeness (QED) is 0.581. The number of nitrogens with zero attached hydrogens (tertiary/aromatic N) is 1. The van der Waals surface area contributed by atoms with Gasteiger partial charge in [0, 0.05) is 18.2 Å². The molecular formula is C12H17BrClN3O4S. The molecule has 0 radical (unpaired) electrons. The van der Waals surface area contributed by atoms with Crippen LogP contribution in [0.1, 0.15) is 19.8 Å². The monoisotopic (exact) mass is 413 g/mol. The molecule has 2 unspecified atom stereocenters. The highest BCUT2D eigenvalue weighted by molar-refractivity contribution is 9.10. The molecule has 0 spiro atoms.